The molecule has 1 aromatic carbocycles. The number of benzene rings is 1. The topological polar surface area (TPSA) is 76.4 Å². The van der Waals surface area contributed by atoms with Crippen LogP contribution in [0.4, 0.5) is 0 Å². The zero-order valence-electron chi connectivity index (χ0n) is 10.8. The molecular weight excluding hydrogens is 264 g/mol. The summed E-state index contributed by atoms with van der Waals surface area (Å²) in [6.07, 6.45) is 5.21. The highest BCUT2D eigenvalue weighted by atomic mass is 35.5. The maximum Gasteiger partial charge on any atom is 0.171 e. The Morgan fingerprint density at radius 2 is 2.26 bits per heavy atom. The van der Waals surface area contributed by atoms with Crippen molar-refractivity contribution in [3.63, 3.8) is 0 Å². The first-order valence-corrected chi connectivity index (χ1v) is 6.68. The lowest BCUT2D eigenvalue weighted by atomic mass is 10.1. The summed E-state index contributed by atoms with van der Waals surface area (Å²) in [5, 5.41) is 17.4. The van der Waals surface area contributed by atoms with Gasteiger partial charge in [0.05, 0.1) is 16.7 Å². The van der Waals surface area contributed by atoms with Crippen molar-refractivity contribution in [2.75, 3.05) is 0 Å². The summed E-state index contributed by atoms with van der Waals surface area (Å²) in [6.45, 7) is 3.04. The minimum absolute atomic E-state index is 0.00522. The van der Waals surface area contributed by atoms with Gasteiger partial charge in [0.2, 0.25) is 0 Å². The maximum atomic E-state index is 8.72. The standard InChI is InChI=1S/C13H17ClN4O/c1-2-3-4-5-18-12-7-11(14)10(13(15)17-19)6-9(12)8-16-18/h6-8,19H,2-5H2,1H3,(H2,15,17). The highest BCUT2D eigenvalue weighted by Gasteiger charge is 2.10. The molecule has 1 heterocycles. The summed E-state index contributed by atoms with van der Waals surface area (Å²) < 4.78 is 1.94. The molecule has 0 spiro atoms. The van der Waals surface area contributed by atoms with Crippen molar-refractivity contribution in [3.05, 3.63) is 28.9 Å². The lowest BCUT2D eigenvalue weighted by Gasteiger charge is -2.05. The van der Waals surface area contributed by atoms with Gasteiger partial charge in [-0.15, -0.1) is 0 Å². The van der Waals surface area contributed by atoms with Gasteiger partial charge in [0, 0.05) is 17.5 Å². The molecule has 0 atom stereocenters. The quantitative estimate of drug-likeness (QED) is 0.291. The van der Waals surface area contributed by atoms with E-state index >= 15 is 0 Å². The predicted octanol–water partition coefficient (Wildman–Crippen LogP) is 2.97. The van der Waals surface area contributed by atoms with Gasteiger partial charge in [-0.2, -0.15) is 5.10 Å². The van der Waals surface area contributed by atoms with Crippen LogP contribution in [0.15, 0.2) is 23.5 Å². The molecule has 19 heavy (non-hydrogen) atoms. The van der Waals surface area contributed by atoms with Gasteiger partial charge in [-0.25, -0.2) is 0 Å². The second-order valence-electron chi connectivity index (χ2n) is 4.45. The van der Waals surface area contributed by atoms with Crippen molar-refractivity contribution < 1.29 is 5.21 Å². The molecule has 2 rings (SSSR count). The molecule has 0 bridgehead atoms. The fraction of sp³-hybridized carbons (Fsp3) is 0.385. The van der Waals surface area contributed by atoms with Crippen molar-refractivity contribution in [1.29, 1.82) is 0 Å². The minimum Gasteiger partial charge on any atom is -0.409 e. The van der Waals surface area contributed by atoms with Crippen molar-refractivity contribution in [2.45, 2.75) is 32.7 Å². The van der Waals surface area contributed by atoms with Crippen LogP contribution < -0.4 is 5.73 Å². The number of aryl methyl sites for hydroxylation is 1. The second-order valence-corrected chi connectivity index (χ2v) is 4.86. The normalized spacial score (nSPS) is 12.2. The van der Waals surface area contributed by atoms with Crippen molar-refractivity contribution in [1.82, 2.24) is 9.78 Å². The van der Waals surface area contributed by atoms with Crippen LogP contribution in [0.25, 0.3) is 10.9 Å². The summed E-state index contributed by atoms with van der Waals surface area (Å²) in [4.78, 5) is 0. The summed E-state index contributed by atoms with van der Waals surface area (Å²) in [6, 6.07) is 3.60. The van der Waals surface area contributed by atoms with Crippen LogP contribution in [0.2, 0.25) is 5.02 Å². The fourth-order valence-corrected chi connectivity index (χ4v) is 2.30. The lowest BCUT2D eigenvalue weighted by molar-refractivity contribution is 0.318. The van der Waals surface area contributed by atoms with Gasteiger partial charge in [0.1, 0.15) is 0 Å². The van der Waals surface area contributed by atoms with Gasteiger partial charge >= 0.3 is 0 Å². The van der Waals surface area contributed by atoms with E-state index in [1.54, 1.807) is 12.3 Å². The third-order valence-corrected chi connectivity index (χ3v) is 3.40. The number of unbranched alkanes of at least 4 members (excludes halogenated alkanes) is 2. The molecule has 5 nitrogen and oxygen atoms in total. The Hall–Kier alpha value is -1.75. The third-order valence-electron chi connectivity index (χ3n) is 3.09. The van der Waals surface area contributed by atoms with E-state index in [1.165, 1.54) is 12.8 Å². The van der Waals surface area contributed by atoms with Crippen LogP contribution in [-0.4, -0.2) is 20.8 Å². The highest BCUT2D eigenvalue weighted by molar-refractivity contribution is 6.34. The van der Waals surface area contributed by atoms with Crippen LogP contribution in [-0.2, 0) is 6.54 Å². The summed E-state index contributed by atoms with van der Waals surface area (Å²) in [7, 11) is 0. The van der Waals surface area contributed by atoms with Crippen LogP contribution in [0.5, 0.6) is 0 Å². The van der Waals surface area contributed by atoms with Gasteiger partial charge < -0.3 is 10.9 Å². The Labute approximate surface area is 116 Å². The first-order chi connectivity index (χ1) is 9.17. The number of nitrogens with two attached hydrogens (primary N) is 1. The number of halogens is 1. The third kappa shape index (κ3) is 2.81. The SMILES string of the molecule is CCCCCn1ncc2cc(C(N)=NO)c(Cl)cc21. The minimum atomic E-state index is 0.00522. The number of aromatic nitrogens is 2. The van der Waals surface area contributed by atoms with Crippen molar-refractivity contribution >= 4 is 28.3 Å². The highest BCUT2D eigenvalue weighted by Crippen LogP contribution is 2.24. The number of oxime groups is 1. The predicted molar refractivity (Wildman–Crippen MR) is 76.8 cm³/mol. The lowest BCUT2D eigenvalue weighted by Crippen LogP contribution is -2.13. The summed E-state index contributed by atoms with van der Waals surface area (Å²) in [5.41, 5.74) is 7.07. The van der Waals surface area contributed by atoms with E-state index in [0.29, 0.717) is 10.6 Å². The van der Waals surface area contributed by atoms with E-state index < -0.39 is 0 Å². The van der Waals surface area contributed by atoms with E-state index in [-0.39, 0.29) is 5.84 Å². The molecular formula is C13H17ClN4O. The number of rotatable bonds is 5. The van der Waals surface area contributed by atoms with Gasteiger partial charge in [-0.3, -0.25) is 4.68 Å². The zero-order chi connectivity index (χ0) is 13.8. The number of amidine groups is 1. The van der Waals surface area contributed by atoms with E-state index in [2.05, 4.69) is 17.2 Å². The van der Waals surface area contributed by atoms with E-state index in [0.717, 1.165) is 23.9 Å². The molecule has 0 aliphatic carbocycles. The molecule has 0 saturated heterocycles. The van der Waals surface area contributed by atoms with E-state index in [9.17, 15) is 0 Å². The van der Waals surface area contributed by atoms with Crippen molar-refractivity contribution in [2.24, 2.45) is 10.9 Å². The number of hydrogen-bond acceptors (Lipinski definition) is 3. The Bertz CT molecular complexity index is 606. The molecule has 0 aliphatic rings. The van der Waals surface area contributed by atoms with Gasteiger partial charge in [0.25, 0.3) is 0 Å². The molecule has 0 radical (unpaired) electrons. The fourth-order valence-electron chi connectivity index (χ4n) is 2.04. The van der Waals surface area contributed by atoms with Crippen LogP contribution >= 0.6 is 11.6 Å². The first kappa shape index (κ1) is 13.7. The van der Waals surface area contributed by atoms with Crippen LogP contribution in [0.3, 0.4) is 0 Å². The van der Waals surface area contributed by atoms with E-state index in [1.807, 2.05) is 10.7 Å². The number of fused-ring (bicyclic) bond motifs is 1. The summed E-state index contributed by atoms with van der Waals surface area (Å²) in [5.74, 6) is 0.00522. The maximum absolute atomic E-state index is 8.72. The molecule has 0 unspecified atom stereocenters. The molecule has 2 aromatic rings. The average molecular weight is 281 g/mol. The average Bonchev–Trinajstić information content (AvgIpc) is 2.80. The van der Waals surface area contributed by atoms with E-state index in [4.69, 9.17) is 22.5 Å². The van der Waals surface area contributed by atoms with Gasteiger partial charge in [-0.1, -0.05) is 36.5 Å². The number of hydrogen-bond donors (Lipinski definition) is 2. The molecule has 1 aromatic heterocycles. The summed E-state index contributed by atoms with van der Waals surface area (Å²) >= 11 is 6.15. The Kier molecular flexibility index (Phi) is 4.27. The Morgan fingerprint density at radius 3 is 2.95 bits per heavy atom. The van der Waals surface area contributed by atoms with Crippen molar-refractivity contribution in [3.8, 4) is 0 Å². The Balaban J connectivity index is 2.37. The molecule has 0 fully saturated rings. The molecule has 0 aliphatic heterocycles. The molecule has 3 N–H and O–H groups in total. The first-order valence-electron chi connectivity index (χ1n) is 6.30. The van der Waals surface area contributed by atoms with Gasteiger partial charge in [0.15, 0.2) is 5.84 Å². The molecule has 102 valence electrons. The number of nitrogens with zero attached hydrogens (tertiary/aromatic N) is 3. The smallest absolute Gasteiger partial charge is 0.171 e. The second kappa shape index (κ2) is 5.93. The van der Waals surface area contributed by atoms with Crippen LogP contribution in [0, 0.1) is 0 Å². The zero-order valence-corrected chi connectivity index (χ0v) is 11.6. The van der Waals surface area contributed by atoms with Crippen LogP contribution in [0.1, 0.15) is 31.7 Å². The Morgan fingerprint density at radius 1 is 1.47 bits per heavy atom. The van der Waals surface area contributed by atoms with Gasteiger partial charge in [-0.05, 0) is 18.6 Å². The monoisotopic (exact) mass is 280 g/mol. The largest absolute Gasteiger partial charge is 0.409 e. The molecule has 0 amide bonds. The molecule has 6 heteroatoms. The molecule has 0 saturated carbocycles.